The Morgan fingerprint density at radius 2 is 0.957 bits per heavy atom. The van der Waals surface area contributed by atoms with E-state index in [0.29, 0.717) is 5.54 Å². The molecule has 0 N–H and O–H groups in total. The number of rotatable bonds is 18. The highest BCUT2D eigenvalue weighted by atomic mass is 28.3. The van der Waals surface area contributed by atoms with Crippen LogP contribution < -0.4 is 0 Å². The van der Waals surface area contributed by atoms with E-state index in [0.717, 1.165) is 0 Å². The molecule has 0 aliphatic carbocycles. The fourth-order valence-corrected chi connectivity index (χ4v) is 4.99. The highest BCUT2D eigenvalue weighted by Gasteiger charge is 2.18. The van der Waals surface area contributed by atoms with Crippen molar-refractivity contribution in [3.8, 4) is 0 Å². The molecule has 0 aliphatic rings. The molecule has 0 aromatic heterocycles. The molecule has 0 aromatic rings. The SMILES string of the molecule is CCCCCCCCCCCCCCCCC(C)[SiH](OC)OC. The Bertz CT molecular complexity index is 220. The lowest BCUT2D eigenvalue weighted by molar-refractivity contribution is 0.264. The molecule has 140 valence electrons. The van der Waals surface area contributed by atoms with Gasteiger partial charge in [-0.1, -0.05) is 104 Å². The van der Waals surface area contributed by atoms with Crippen molar-refractivity contribution in [2.75, 3.05) is 14.2 Å². The van der Waals surface area contributed by atoms with Crippen LogP contribution in [0.4, 0.5) is 0 Å². The molecule has 0 aromatic carbocycles. The van der Waals surface area contributed by atoms with Crippen molar-refractivity contribution in [3.63, 3.8) is 0 Å². The van der Waals surface area contributed by atoms with Gasteiger partial charge in [-0.2, -0.15) is 0 Å². The van der Waals surface area contributed by atoms with Crippen LogP contribution in [0.15, 0.2) is 0 Å². The maximum atomic E-state index is 5.45. The van der Waals surface area contributed by atoms with Gasteiger partial charge in [-0.3, -0.25) is 0 Å². The summed E-state index contributed by atoms with van der Waals surface area (Å²) in [6.45, 7) is 4.57. The molecule has 1 atom stereocenters. The Labute approximate surface area is 148 Å². The quantitative estimate of drug-likeness (QED) is 0.202. The normalized spacial score (nSPS) is 12.9. The van der Waals surface area contributed by atoms with E-state index in [2.05, 4.69) is 13.8 Å². The van der Waals surface area contributed by atoms with Gasteiger partial charge in [0.2, 0.25) is 0 Å². The largest absolute Gasteiger partial charge is 0.400 e. The van der Waals surface area contributed by atoms with Crippen molar-refractivity contribution >= 4 is 9.28 Å². The van der Waals surface area contributed by atoms with E-state index < -0.39 is 9.28 Å². The topological polar surface area (TPSA) is 18.5 Å². The first-order valence-electron chi connectivity index (χ1n) is 10.3. The molecule has 0 heterocycles. The van der Waals surface area contributed by atoms with E-state index in [1.54, 1.807) is 14.2 Å². The number of hydrogen-bond acceptors (Lipinski definition) is 2. The van der Waals surface area contributed by atoms with Gasteiger partial charge in [0.1, 0.15) is 0 Å². The molecular weight excluding hydrogens is 300 g/mol. The first-order valence-corrected chi connectivity index (χ1v) is 11.9. The zero-order valence-electron chi connectivity index (χ0n) is 16.6. The summed E-state index contributed by atoms with van der Waals surface area (Å²) in [5, 5.41) is 0. The average Bonchev–Trinajstić information content (AvgIpc) is 2.56. The molecule has 0 bridgehead atoms. The van der Waals surface area contributed by atoms with Gasteiger partial charge < -0.3 is 8.85 Å². The van der Waals surface area contributed by atoms with Crippen molar-refractivity contribution in [3.05, 3.63) is 0 Å². The van der Waals surface area contributed by atoms with Crippen molar-refractivity contribution in [1.29, 1.82) is 0 Å². The van der Waals surface area contributed by atoms with Gasteiger partial charge in [0, 0.05) is 14.2 Å². The highest BCUT2D eigenvalue weighted by molar-refractivity contribution is 6.46. The van der Waals surface area contributed by atoms with Crippen LogP contribution >= 0.6 is 0 Å². The van der Waals surface area contributed by atoms with Gasteiger partial charge in [-0.05, 0) is 12.0 Å². The molecule has 3 heteroatoms. The van der Waals surface area contributed by atoms with Crippen LogP contribution in [0.25, 0.3) is 0 Å². The molecule has 1 unspecified atom stereocenters. The molecule has 0 aliphatic heterocycles. The third-order valence-electron chi connectivity index (χ3n) is 4.94. The molecule has 0 rings (SSSR count). The summed E-state index contributed by atoms with van der Waals surface area (Å²) >= 11 is 0. The van der Waals surface area contributed by atoms with E-state index in [9.17, 15) is 0 Å². The molecule has 0 spiro atoms. The molecule has 0 saturated carbocycles. The summed E-state index contributed by atoms with van der Waals surface area (Å²) in [7, 11) is 2.21. The summed E-state index contributed by atoms with van der Waals surface area (Å²) in [5.41, 5.74) is 0.641. The van der Waals surface area contributed by atoms with Crippen LogP contribution in [0.1, 0.15) is 110 Å². The van der Waals surface area contributed by atoms with Gasteiger partial charge in [0.15, 0.2) is 0 Å². The minimum Gasteiger partial charge on any atom is -0.400 e. The van der Waals surface area contributed by atoms with E-state index in [4.69, 9.17) is 8.85 Å². The second-order valence-electron chi connectivity index (χ2n) is 7.20. The van der Waals surface area contributed by atoms with Crippen LogP contribution in [-0.4, -0.2) is 23.5 Å². The van der Waals surface area contributed by atoms with Crippen molar-refractivity contribution < 1.29 is 8.85 Å². The van der Waals surface area contributed by atoms with Gasteiger partial charge >= 0.3 is 9.28 Å². The summed E-state index contributed by atoms with van der Waals surface area (Å²) < 4.78 is 10.9. The van der Waals surface area contributed by atoms with Crippen LogP contribution in [0.3, 0.4) is 0 Å². The van der Waals surface area contributed by atoms with E-state index >= 15 is 0 Å². The summed E-state index contributed by atoms with van der Waals surface area (Å²) in [5.74, 6) is 0. The second kappa shape index (κ2) is 18.5. The van der Waals surface area contributed by atoms with Crippen molar-refractivity contribution in [1.82, 2.24) is 0 Å². The predicted octanol–water partition coefficient (Wildman–Crippen LogP) is 6.76. The maximum absolute atomic E-state index is 5.45. The van der Waals surface area contributed by atoms with E-state index in [1.165, 1.54) is 96.3 Å². The zero-order chi connectivity index (χ0) is 17.2. The van der Waals surface area contributed by atoms with Crippen LogP contribution in [-0.2, 0) is 8.85 Å². The molecule has 0 fully saturated rings. The molecule has 2 nitrogen and oxygen atoms in total. The first-order chi connectivity index (χ1) is 11.3. The van der Waals surface area contributed by atoms with Gasteiger partial charge in [0.25, 0.3) is 0 Å². The minimum atomic E-state index is -1.38. The number of unbranched alkanes of at least 4 members (excludes halogenated alkanes) is 13. The molecule has 0 radical (unpaired) electrons. The van der Waals surface area contributed by atoms with Crippen molar-refractivity contribution in [2.24, 2.45) is 0 Å². The Hall–Kier alpha value is 0.137. The van der Waals surface area contributed by atoms with Gasteiger partial charge in [-0.15, -0.1) is 0 Å². The third kappa shape index (κ3) is 15.4. The Kier molecular flexibility index (Phi) is 18.6. The lowest BCUT2D eigenvalue weighted by Gasteiger charge is -2.18. The fraction of sp³-hybridized carbons (Fsp3) is 1.00. The lowest BCUT2D eigenvalue weighted by atomic mass is 10.0. The second-order valence-corrected chi connectivity index (χ2v) is 10.0. The van der Waals surface area contributed by atoms with E-state index in [-0.39, 0.29) is 0 Å². The smallest absolute Gasteiger partial charge is 0.323 e. The fourth-order valence-electron chi connectivity index (χ4n) is 3.36. The highest BCUT2D eigenvalue weighted by Crippen LogP contribution is 2.20. The van der Waals surface area contributed by atoms with Crippen LogP contribution in [0.5, 0.6) is 0 Å². The van der Waals surface area contributed by atoms with E-state index in [1.807, 2.05) is 0 Å². The predicted molar refractivity (Wildman–Crippen MR) is 106 cm³/mol. The Morgan fingerprint density at radius 1 is 0.609 bits per heavy atom. The molecule has 23 heavy (non-hydrogen) atoms. The summed E-state index contributed by atoms with van der Waals surface area (Å²) in [6, 6.07) is 0. The average molecular weight is 345 g/mol. The zero-order valence-corrected chi connectivity index (χ0v) is 17.7. The summed E-state index contributed by atoms with van der Waals surface area (Å²) in [6.07, 6.45) is 21.3. The monoisotopic (exact) mass is 344 g/mol. The van der Waals surface area contributed by atoms with Gasteiger partial charge in [0.05, 0.1) is 0 Å². The molecule has 0 amide bonds. The third-order valence-corrected chi connectivity index (χ3v) is 7.13. The minimum absolute atomic E-state index is 0.641. The van der Waals surface area contributed by atoms with Crippen LogP contribution in [0.2, 0.25) is 5.54 Å². The Morgan fingerprint density at radius 3 is 1.30 bits per heavy atom. The number of hydrogen-bond donors (Lipinski definition) is 0. The Balaban J connectivity index is 3.16. The van der Waals surface area contributed by atoms with Crippen LogP contribution in [0, 0.1) is 0 Å². The molecule has 0 saturated heterocycles. The first kappa shape index (κ1) is 23.1. The lowest BCUT2D eigenvalue weighted by Crippen LogP contribution is -2.24. The molecular formula is C20H44O2Si. The summed E-state index contributed by atoms with van der Waals surface area (Å²) in [4.78, 5) is 0. The maximum Gasteiger partial charge on any atom is 0.323 e. The van der Waals surface area contributed by atoms with Crippen molar-refractivity contribution in [2.45, 2.75) is 116 Å². The van der Waals surface area contributed by atoms with Gasteiger partial charge in [-0.25, -0.2) is 0 Å². The standard InChI is InChI=1S/C20H44O2Si/c1-5-6-7-8-9-10-11-12-13-14-15-16-17-18-19-20(2)23(21-3)22-4/h20,23H,5-19H2,1-4H3.